The number of hydrogen-bond donors (Lipinski definition) is 0. The molecule has 0 saturated carbocycles. The molecule has 0 spiro atoms. The van der Waals surface area contributed by atoms with Gasteiger partial charge < -0.3 is 4.90 Å². The summed E-state index contributed by atoms with van der Waals surface area (Å²) in [5.74, 6) is 0.797. The first-order valence-corrected chi connectivity index (χ1v) is 5.29. The molecule has 0 saturated heterocycles. The topological polar surface area (TPSA) is 28.0 Å². The minimum atomic E-state index is -1.06. The van der Waals surface area contributed by atoms with Crippen LogP contribution >= 0.6 is 23.2 Å². The molecule has 0 amide bonds. The highest BCUT2D eigenvalue weighted by Gasteiger charge is 2.37. The van der Waals surface area contributed by atoms with Crippen LogP contribution in [-0.4, -0.2) is 28.1 Å². The van der Waals surface area contributed by atoms with Crippen molar-refractivity contribution in [3.8, 4) is 0 Å². The third-order valence-electron chi connectivity index (χ3n) is 2.38. The highest BCUT2D eigenvalue weighted by molar-refractivity contribution is 6.49. The number of alkyl halides is 2. The molecule has 0 bridgehead atoms. The molecular weight excluding hydrogens is 233 g/mol. The second kappa shape index (κ2) is 2.97. The molecule has 0 aliphatic carbocycles. The van der Waals surface area contributed by atoms with E-state index >= 15 is 0 Å². The number of rotatable bonds is 0. The van der Waals surface area contributed by atoms with Crippen molar-refractivity contribution in [2.75, 3.05) is 6.54 Å². The maximum absolute atomic E-state index is 5.98. The van der Waals surface area contributed by atoms with Crippen LogP contribution in [0.5, 0.6) is 0 Å². The van der Waals surface area contributed by atoms with E-state index in [1.54, 1.807) is 6.34 Å². The number of aliphatic imine (C=N–C) groups is 2. The van der Waals surface area contributed by atoms with E-state index in [9.17, 15) is 0 Å². The molecule has 5 heteroatoms. The van der Waals surface area contributed by atoms with E-state index in [0.717, 1.165) is 17.1 Å². The van der Waals surface area contributed by atoms with Crippen molar-refractivity contribution in [2.45, 2.75) is 4.46 Å². The molecule has 2 aliphatic heterocycles. The van der Waals surface area contributed by atoms with Crippen LogP contribution in [0, 0.1) is 0 Å². The Bertz CT molecular complexity index is 479. The predicted octanol–water partition coefficient (Wildman–Crippen LogP) is 2.55. The monoisotopic (exact) mass is 239 g/mol. The van der Waals surface area contributed by atoms with Gasteiger partial charge in [-0.2, -0.15) is 0 Å². The number of nitrogens with zero attached hydrogens (tertiary/aromatic N) is 3. The highest BCUT2D eigenvalue weighted by Crippen LogP contribution is 2.35. The Labute approximate surface area is 97.0 Å². The Morgan fingerprint density at radius 2 is 2.07 bits per heavy atom. The first kappa shape index (κ1) is 9.19. The standard InChI is InChI=1S/C10H7Cl2N3/c11-10(12)5-15-6-13-8-4-2-1-3-7(8)9(15)14-10/h1-4,6H,5H2. The highest BCUT2D eigenvalue weighted by atomic mass is 35.5. The first-order valence-electron chi connectivity index (χ1n) is 4.54. The smallest absolute Gasteiger partial charge is 0.227 e. The van der Waals surface area contributed by atoms with Crippen molar-refractivity contribution >= 4 is 41.1 Å². The summed E-state index contributed by atoms with van der Waals surface area (Å²) < 4.78 is -1.06. The van der Waals surface area contributed by atoms with Crippen LogP contribution in [0.3, 0.4) is 0 Å². The summed E-state index contributed by atoms with van der Waals surface area (Å²) in [6.07, 6.45) is 1.72. The molecule has 76 valence electrons. The first-order chi connectivity index (χ1) is 7.16. The number of halogens is 2. The van der Waals surface area contributed by atoms with Gasteiger partial charge in [0.25, 0.3) is 0 Å². The van der Waals surface area contributed by atoms with E-state index in [2.05, 4.69) is 9.98 Å². The number of amidine groups is 1. The molecule has 15 heavy (non-hydrogen) atoms. The fraction of sp³-hybridized carbons (Fsp3) is 0.200. The Kier molecular flexibility index (Phi) is 1.82. The van der Waals surface area contributed by atoms with Gasteiger partial charge in [-0.3, -0.25) is 0 Å². The van der Waals surface area contributed by atoms with Gasteiger partial charge in [-0.1, -0.05) is 35.3 Å². The Hall–Kier alpha value is -1.06. The van der Waals surface area contributed by atoms with Crippen molar-refractivity contribution in [1.29, 1.82) is 0 Å². The van der Waals surface area contributed by atoms with Crippen molar-refractivity contribution in [1.82, 2.24) is 4.90 Å². The lowest BCUT2D eigenvalue weighted by atomic mass is 10.1. The predicted molar refractivity (Wildman–Crippen MR) is 62.3 cm³/mol. The molecule has 0 unspecified atom stereocenters. The van der Waals surface area contributed by atoms with Crippen LogP contribution in [0.25, 0.3) is 0 Å². The van der Waals surface area contributed by atoms with Crippen LogP contribution < -0.4 is 0 Å². The minimum absolute atomic E-state index is 0.448. The van der Waals surface area contributed by atoms with Gasteiger partial charge in [0.15, 0.2) is 0 Å². The summed E-state index contributed by atoms with van der Waals surface area (Å²) in [5.41, 5.74) is 1.88. The van der Waals surface area contributed by atoms with Crippen LogP contribution in [0.1, 0.15) is 5.56 Å². The third-order valence-corrected chi connectivity index (χ3v) is 2.79. The van der Waals surface area contributed by atoms with Crippen molar-refractivity contribution in [2.24, 2.45) is 9.98 Å². The molecule has 2 aliphatic rings. The van der Waals surface area contributed by atoms with Gasteiger partial charge >= 0.3 is 0 Å². The average molecular weight is 240 g/mol. The molecule has 0 fully saturated rings. The zero-order valence-electron chi connectivity index (χ0n) is 7.69. The summed E-state index contributed by atoms with van der Waals surface area (Å²) in [6.45, 7) is 0.448. The SMILES string of the molecule is ClC1(Cl)CN2C=Nc3ccccc3C2=N1. The minimum Gasteiger partial charge on any atom is -0.312 e. The van der Waals surface area contributed by atoms with Gasteiger partial charge in [-0.05, 0) is 12.1 Å². The lowest BCUT2D eigenvalue weighted by Crippen LogP contribution is -2.31. The summed E-state index contributed by atoms with van der Waals surface area (Å²) in [4.78, 5) is 10.4. The quantitative estimate of drug-likeness (QED) is 0.506. The maximum Gasteiger partial charge on any atom is 0.227 e. The van der Waals surface area contributed by atoms with Gasteiger partial charge in [-0.15, -0.1) is 0 Å². The molecule has 2 heterocycles. The van der Waals surface area contributed by atoms with Crippen molar-refractivity contribution in [3.05, 3.63) is 29.8 Å². The maximum atomic E-state index is 5.98. The Morgan fingerprint density at radius 1 is 1.27 bits per heavy atom. The van der Waals surface area contributed by atoms with Crippen LogP contribution in [0.15, 0.2) is 34.3 Å². The van der Waals surface area contributed by atoms with Crippen LogP contribution in [-0.2, 0) is 0 Å². The molecule has 1 aromatic carbocycles. The van der Waals surface area contributed by atoms with E-state index in [4.69, 9.17) is 23.2 Å². The number of benzene rings is 1. The summed E-state index contributed by atoms with van der Waals surface area (Å²) in [7, 11) is 0. The fourth-order valence-electron chi connectivity index (χ4n) is 1.75. The van der Waals surface area contributed by atoms with E-state index in [0.29, 0.717) is 6.54 Å². The molecule has 0 N–H and O–H groups in total. The third kappa shape index (κ3) is 1.43. The van der Waals surface area contributed by atoms with Gasteiger partial charge in [0, 0.05) is 5.56 Å². The molecule has 1 aromatic rings. The number of hydrogen-bond acceptors (Lipinski definition) is 3. The summed E-state index contributed by atoms with van der Waals surface area (Å²) in [6, 6.07) is 7.79. The number of para-hydroxylation sites is 1. The normalized spacial score (nSPS) is 20.9. The molecular formula is C10H7Cl2N3. The molecule has 0 aromatic heterocycles. The van der Waals surface area contributed by atoms with Crippen molar-refractivity contribution < 1.29 is 0 Å². The van der Waals surface area contributed by atoms with E-state index in [-0.39, 0.29) is 0 Å². The zero-order valence-corrected chi connectivity index (χ0v) is 9.20. The Morgan fingerprint density at radius 3 is 2.93 bits per heavy atom. The molecule has 0 atom stereocenters. The molecule has 0 radical (unpaired) electrons. The second-order valence-corrected chi connectivity index (χ2v) is 4.93. The van der Waals surface area contributed by atoms with Gasteiger partial charge in [0.2, 0.25) is 4.46 Å². The Balaban J connectivity index is 2.18. The largest absolute Gasteiger partial charge is 0.312 e. The molecule has 3 rings (SSSR count). The van der Waals surface area contributed by atoms with Crippen LogP contribution in [0.4, 0.5) is 5.69 Å². The van der Waals surface area contributed by atoms with Crippen molar-refractivity contribution in [3.63, 3.8) is 0 Å². The van der Waals surface area contributed by atoms with E-state index in [1.165, 1.54) is 0 Å². The van der Waals surface area contributed by atoms with Gasteiger partial charge in [0.05, 0.1) is 18.6 Å². The van der Waals surface area contributed by atoms with E-state index in [1.807, 2.05) is 29.2 Å². The average Bonchev–Trinajstić information content (AvgIpc) is 2.52. The van der Waals surface area contributed by atoms with Crippen LogP contribution in [0.2, 0.25) is 0 Å². The second-order valence-electron chi connectivity index (χ2n) is 3.49. The number of fused-ring (bicyclic) bond motifs is 3. The lowest BCUT2D eigenvalue weighted by Gasteiger charge is -2.20. The summed E-state index contributed by atoms with van der Waals surface area (Å²) >= 11 is 12.0. The van der Waals surface area contributed by atoms with Gasteiger partial charge in [0.1, 0.15) is 5.84 Å². The molecule has 3 nitrogen and oxygen atoms in total. The zero-order chi connectivity index (χ0) is 10.5. The van der Waals surface area contributed by atoms with Gasteiger partial charge in [-0.25, -0.2) is 9.98 Å². The fourth-order valence-corrected chi connectivity index (χ4v) is 2.17. The van der Waals surface area contributed by atoms with E-state index < -0.39 is 4.46 Å². The summed E-state index contributed by atoms with van der Waals surface area (Å²) in [5, 5.41) is 0. The lowest BCUT2D eigenvalue weighted by molar-refractivity contribution is 0.635.